The number of ether oxygens (including phenoxy) is 3. The number of rotatable bonds is 12. The zero-order valence-corrected chi connectivity index (χ0v) is 19.5. The van der Waals surface area contributed by atoms with Gasteiger partial charge in [-0.05, 0) is 44.0 Å². The van der Waals surface area contributed by atoms with Gasteiger partial charge in [-0.3, -0.25) is 19.3 Å². The minimum atomic E-state index is -0.960. The monoisotopic (exact) mass is 468 g/mol. The van der Waals surface area contributed by atoms with Gasteiger partial charge in [0.2, 0.25) is 0 Å². The summed E-state index contributed by atoms with van der Waals surface area (Å²) >= 11 is 0. The van der Waals surface area contributed by atoms with Crippen LogP contribution in [0, 0.1) is 0 Å². The number of hydrogen-bond acceptors (Lipinski definition) is 7. The van der Waals surface area contributed by atoms with Crippen LogP contribution in [0.15, 0.2) is 42.5 Å². The molecule has 9 heteroatoms. The van der Waals surface area contributed by atoms with Crippen LogP contribution in [0.5, 0.6) is 17.2 Å². The summed E-state index contributed by atoms with van der Waals surface area (Å²) < 4.78 is 17.0. The number of ketones is 1. The van der Waals surface area contributed by atoms with Crippen molar-refractivity contribution in [1.29, 1.82) is 0 Å². The number of carbonyl (C=O) groups is 4. The number of urea groups is 1. The van der Waals surface area contributed by atoms with Crippen molar-refractivity contribution < 1.29 is 33.4 Å². The Kier molecular flexibility index (Phi) is 8.24. The molecule has 2 aromatic rings. The number of benzene rings is 2. The predicted octanol–water partition coefficient (Wildman–Crippen LogP) is 3.84. The molecule has 0 atom stereocenters. The Labute approximate surface area is 198 Å². The van der Waals surface area contributed by atoms with E-state index in [4.69, 9.17) is 14.2 Å². The maximum atomic E-state index is 13.0. The molecule has 1 saturated heterocycles. The highest BCUT2D eigenvalue weighted by Crippen LogP contribution is 2.34. The van der Waals surface area contributed by atoms with E-state index in [1.807, 2.05) is 13.8 Å². The van der Waals surface area contributed by atoms with Gasteiger partial charge in [0.05, 0.1) is 31.0 Å². The zero-order valence-electron chi connectivity index (χ0n) is 19.5. The third kappa shape index (κ3) is 5.36. The molecule has 0 spiro atoms. The van der Waals surface area contributed by atoms with Crippen molar-refractivity contribution in [2.24, 2.45) is 0 Å². The van der Waals surface area contributed by atoms with E-state index < -0.39 is 17.8 Å². The minimum absolute atomic E-state index is 0.0719. The van der Waals surface area contributed by atoms with Crippen LogP contribution in [0.2, 0.25) is 0 Å². The van der Waals surface area contributed by atoms with Crippen molar-refractivity contribution >= 4 is 29.3 Å². The zero-order chi connectivity index (χ0) is 24.7. The first kappa shape index (κ1) is 24.8. The van der Waals surface area contributed by atoms with Gasteiger partial charge in [0.1, 0.15) is 12.4 Å². The van der Waals surface area contributed by atoms with E-state index in [-0.39, 0.29) is 24.6 Å². The van der Waals surface area contributed by atoms with Gasteiger partial charge in [-0.1, -0.05) is 26.0 Å². The summed E-state index contributed by atoms with van der Waals surface area (Å²) in [6, 6.07) is 10.6. The van der Waals surface area contributed by atoms with Crippen molar-refractivity contribution in [2.75, 3.05) is 31.3 Å². The second-order valence-corrected chi connectivity index (χ2v) is 7.61. The van der Waals surface area contributed by atoms with E-state index >= 15 is 0 Å². The number of amides is 4. The molecule has 2 aromatic carbocycles. The Morgan fingerprint density at radius 2 is 1.44 bits per heavy atom. The Morgan fingerprint density at radius 1 is 0.794 bits per heavy atom. The van der Waals surface area contributed by atoms with Gasteiger partial charge >= 0.3 is 17.8 Å². The average molecular weight is 469 g/mol. The standard InChI is InChI=1S/C25H28N2O7/c1-4-13-32-21-11-10-18(16-22(21)33-14-5-2)27-24(30)23(29)26(25(27)31)12-15-34-20-9-7-6-8-19(20)17(3)28/h6-11,16H,4-5,12-15H2,1-3H3. The molecule has 180 valence electrons. The molecule has 34 heavy (non-hydrogen) atoms. The molecule has 0 unspecified atom stereocenters. The number of Topliss-reactive ketones (excluding diaryl/α,β-unsaturated/α-hetero) is 1. The lowest BCUT2D eigenvalue weighted by Gasteiger charge is -2.18. The van der Waals surface area contributed by atoms with Gasteiger partial charge in [0.15, 0.2) is 17.3 Å². The number of carbonyl (C=O) groups excluding carboxylic acids is 4. The van der Waals surface area contributed by atoms with E-state index in [0.717, 1.165) is 22.6 Å². The molecule has 0 aromatic heterocycles. The van der Waals surface area contributed by atoms with E-state index in [0.29, 0.717) is 36.0 Å². The van der Waals surface area contributed by atoms with Crippen LogP contribution in [0.3, 0.4) is 0 Å². The Balaban J connectivity index is 1.75. The van der Waals surface area contributed by atoms with Gasteiger partial charge in [-0.2, -0.15) is 0 Å². The molecule has 1 aliphatic rings. The van der Waals surface area contributed by atoms with Gasteiger partial charge in [0, 0.05) is 6.07 Å². The average Bonchev–Trinajstić information content (AvgIpc) is 3.04. The molecule has 1 heterocycles. The third-order valence-electron chi connectivity index (χ3n) is 5.00. The van der Waals surface area contributed by atoms with Crippen molar-refractivity contribution in [3.63, 3.8) is 0 Å². The Morgan fingerprint density at radius 3 is 2.12 bits per heavy atom. The van der Waals surface area contributed by atoms with Gasteiger partial charge in [0.25, 0.3) is 0 Å². The Bertz CT molecular complexity index is 1080. The van der Waals surface area contributed by atoms with Gasteiger partial charge in [-0.15, -0.1) is 0 Å². The molecule has 0 saturated carbocycles. The topological polar surface area (TPSA) is 102 Å². The molecule has 0 bridgehead atoms. The van der Waals surface area contributed by atoms with Crippen molar-refractivity contribution in [3.05, 3.63) is 48.0 Å². The molecule has 3 rings (SSSR count). The summed E-state index contributed by atoms with van der Waals surface area (Å²) in [5, 5.41) is 0. The molecule has 4 amide bonds. The second kappa shape index (κ2) is 11.3. The highest BCUT2D eigenvalue weighted by Gasteiger charge is 2.45. The fourth-order valence-electron chi connectivity index (χ4n) is 3.35. The highest BCUT2D eigenvalue weighted by atomic mass is 16.5. The molecule has 9 nitrogen and oxygen atoms in total. The molecule has 1 fully saturated rings. The normalized spacial score (nSPS) is 13.4. The second-order valence-electron chi connectivity index (χ2n) is 7.61. The maximum absolute atomic E-state index is 13.0. The van der Waals surface area contributed by atoms with E-state index in [1.54, 1.807) is 30.3 Å². The third-order valence-corrected chi connectivity index (χ3v) is 5.00. The Hall–Kier alpha value is -3.88. The summed E-state index contributed by atoms with van der Waals surface area (Å²) in [4.78, 5) is 51.5. The van der Waals surface area contributed by atoms with Gasteiger partial charge in [-0.25, -0.2) is 9.69 Å². The SMILES string of the molecule is CCCOc1ccc(N2C(=O)C(=O)N(CCOc3ccccc3C(C)=O)C2=O)cc1OCCC. The fraction of sp³-hybridized carbons (Fsp3) is 0.360. The molecule has 0 N–H and O–H groups in total. The number of nitrogens with zero attached hydrogens (tertiary/aromatic N) is 2. The van der Waals surface area contributed by atoms with Crippen LogP contribution in [-0.2, 0) is 9.59 Å². The van der Waals surface area contributed by atoms with Gasteiger partial charge < -0.3 is 14.2 Å². The molecular formula is C25H28N2O7. The van der Waals surface area contributed by atoms with Crippen LogP contribution in [0.25, 0.3) is 0 Å². The molecule has 0 aliphatic carbocycles. The summed E-state index contributed by atoms with van der Waals surface area (Å²) in [6.45, 7) is 6.05. The lowest BCUT2D eigenvalue weighted by atomic mass is 10.1. The van der Waals surface area contributed by atoms with Crippen molar-refractivity contribution in [3.8, 4) is 17.2 Å². The van der Waals surface area contributed by atoms with Crippen LogP contribution in [0.4, 0.5) is 10.5 Å². The first-order valence-electron chi connectivity index (χ1n) is 11.2. The number of imide groups is 2. The first-order chi connectivity index (χ1) is 16.4. The molecule has 1 aliphatic heterocycles. The number of para-hydroxylation sites is 1. The summed E-state index contributed by atoms with van der Waals surface area (Å²) in [6.07, 6.45) is 1.57. The van der Waals surface area contributed by atoms with Crippen LogP contribution in [-0.4, -0.2) is 54.9 Å². The van der Waals surface area contributed by atoms with Crippen molar-refractivity contribution in [1.82, 2.24) is 4.90 Å². The predicted molar refractivity (Wildman–Crippen MR) is 125 cm³/mol. The fourth-order valence-corrected chi connectivity index (χ4v) is 3.35. The molecule has 0 radical (unpaired) electrons. The largest absolute Gasteiger partial charge is 0.491 e. The minimum Gasteiger partial charge on any atom is -0.491 e. The quantitative estimate of drug-likeness (QED) is 0.265. The summed E-state index contributed by atoms with van der Waals surface area (Å²) in [5.74, 6) is -0.841. The van der Waals surface area contributed by atoms with E-state index in [2.05, 4.69) is 0 Å². The summed E-state index contributed by atoms with van der Waals surface area (Å²) in [7, 11) is 0. The van der Waals surface area contributed by atoms with Crippen molar-refractivity contribution in [2.45, 2.75) is 33.6 Å². The first-order valence-corrected chi connectivity index (χ1v) is 11.2. The lowest BCUT2D eigenvalue weighted by molar-refractivity contribution is -0.139. The maximum Gasteiger partial charge on any atom is 0.339 e. The number of anilines is 1. The summed E-state index contributed by atoms with van der Waals surface area (Å²) in [5.41, 5.74) is 0.605. The molecular weight excluding hydrogens is 440 g/mol. The van der Waals surface area contributed by atoms with Crippen LogP contribution < -0.4 is 19.1 Å². The number of hydrogen-bond donors (Lipinski definition) is 0. The van der Waals surface area contributed by atoms with E-state index in [1.165, 1.54) is 19.1 Å². The van der Waals surface area contributed by atoms with E-state index in [9.17, 15) is 19.2 Å². The lowest BCUT2D eigenvalue weighted by Crippen LogP contribution is -2.36. The van der Waals surface area contributed by atoms with Crippen LogP contribution in [0.1, 0.15) is 44.0 Å². The van der Waals surface area contributed by atoms with Crippen LogP contribution >= 0.6 is 0 Å². The smallest absolute Gasteiger partial charge is 0.339 e. The highest BCUT2D eigenvalue weighted by molar-refractivity contribution is 6.52.